The van der Waals surface area contributed by atoms with Gasteiger partial charge in [0.25, 0.3) is 0 Å². The van der Waals surface area contributed by atoms with Crippen LogP contribution in [-0.2, 0) is 9.84 Å². The molecule has 0 aliphatic heterocycles. The van der Waals surface area contributed by atoms with Gasteiger partial charge in [-0.3, -0.25) is 9.67 Å². The minimum Gasteiger partial charge on any atom is -0.284 e. The summed E-state index contributed by atoms with van der Waals surface area (Å²) in [5.74, 6) is 0.660. The molecule has 0 saturated carbocycles. The molecular weight excluding hydrogens is 531 g/mol. The van der Waals surface area contributed by atoms with E-state index < -0.39 is 9.84 Å². The second-order valence-corrected chi connectivity index (χ2v) is 9.29. The molecule has 0 fully saturated rings. The molecule has 0 aliphatic rings. The Kier molecular flexibility index (Phi) is 8.65. The Balaban J connectivity index is 0.00000144. The highest BCUT2D eigenvalue weighted by molar-refractivity contribution is 7.90. The summed E-state index contributed by atoms with van der Waals surface area (Å²) in [5.41, 5.74) is 5.47. The molecule has 12 heteroatoms. The number of hydrogen-bond acceptors (Lipinski definition) is 6. The van der Waals surface area contributed by atoms with Crippen LogP contribution in [0.4, 0.5) is 0 Å². The highest BCUT2D eigenvalue weighted by atomic mass is 35.5. The first-order chi connectivity index (χ1) is 15.4. The standard InChI is InChI=1S/C23H16N6O2S.3ClH/c1-32(30,31)18-6-3-16(4-7-18)23-19(13-27-28-23)17-5-8-20-21(10-17)29(14-26-20)22-9-2-15(11-24)12-25-22;;;/h2-10,12-14H,1H3,(H,27,28);3*1H. The summed E-state index contributed by atoms with van der Waals surface area (Å²) >= 11 is 0. The molecule has 8 nitrogen and oxygen atoms in total. The van der Waals surface area contributed by atoms with Crippen LogP contribution in [0.5, 0.6) is 0 Å². The van der Waals surface area contributed by atoms with Gasteiger partial charge in [0, 0.05) is 29.8 Å². The van der Waals surface area contributed by atoms with E-state index in [0.29, 0.717) is 17.1 Å². The number of sulfone groups is 1. The third-order valence-electron chi connectivity index (χ3n) is 5.18. The normalized spacial score (nSPS) is 10.5. The Hall–Kier alpha value is -3.42. The van der Waals surface area contributed by atoms with E-state index in [1.165, 1.54) is 12.5 Å². The molecular formula is C23H19Cl3N6O2S. The molecule has 0 amide bonds. The third-order valence-corrected chi connectivity index (χ3v) is 6.31. The number of nitrogens with zero attached hydrogens (tertiary/aromatic N) is 5. The Bertz CT molecular complexity index is 1610. The van der Waals surface area contributed by atoms with Crippen molar-refractivity contribution < 1.29 is 8.42 Å². The third kappa shape index (κ3) is 5.31. The van der Waals surface area contributed by atoms with Crippen molar-refractivity contribution >= 4 is 58.1 Å². The second-order valence-electron chi connectivity index (χ2n) is 7.28. The topological polar surface area (TPSA) is 117 Å². The summed E-state index contributed by atoms with van der Waals surface area (Å²) in [6.07, 6.45) is 6.22. The number of pyridine rings is 1. The Morgan fingerprint density at radius 1 is 0.943 bits per heavy atom. The number of fused-ring (bicyclic) bond motifs is 1. The smallest absolute Gasteiger partial charge is 0.175 e. The lowest BCUT2D eigenvalue weighted by Gasteiger charge is -2.07. The predicted octanol–water partition coefficient (Wildman–Crippen LogP) is 5.02. The van der Waals surface area contributed by atoms with Crippen LogP contribution < -0.4 is 0 Å². The maximum Gasteiger partial charge on any atom is 0.175 e. The Morgan fingerprint density at radius 2 is 1.66 bits per heavy atom. The van der Waals surface area contributed by atoms with E-state index in [9.17, 15) is 8.42 Å². The van der Waals surface area contributed by atoms with Crippen molar-refractivity contribution in [2.45, 2.75) is 4.90 Å². The largest absolute Gasteiger partial charge is 0.284 e. The summed E-state index contributed by atoms with van der Waals surface area (Å²) in [6, 6.07) is 18.1. The van der Waals surface area contributed by atoms with Gasteiger partial charge in [-0.2, -0.15) is 10.4 Å². The van der Waals surface area contributed by atoms with Gasteiger partial charge < -0.3 is 0 Å². The van der Waals surface area contributed by atoms with Crippen LogP contribution in [-0.4, -0.2) is 39.4 Å². The van der Waals surface area contributed by atoms with Crippen LogP contribution in [0.25, 0.3) is 39.2 Å². The Labute approximate surface area is 220 Å². The van der Waals surface area contributed by atoms with Crippen molar-refractivity contribution in [3.8, 4) is 34.3 Å². The Morgan fingerprint density at radius 3 is 2.29 bits per heavy atom. The molecule has 5 rings (SSSR count). The van der Waals surface area contributed by atoms with Gasteiger partial charge in [-0.15, -0.1) is 37.2 Å². The van der Waals surface area contributed by atoms with Crippen LogP contribution in [0.3, 0.4) is 0 Å². The summed E-state index contributed by atoms with van der Waals surface area (Å²) in [6.45, 7) is 0. The number of H-pyrrole nitrogens is 1. The van der Waals surface area contributed by atoms with Gasteiger partial charge in [0.2, 0.25) is 0 Å². The molecule has 0 bridgehead atoms. The van der Waals surface area contributed by atoms with Crippen LogP contribution in [0.2, 0.25) is 0 Å². The van der Waals surface area contributed by atoms with Crippen LogP contribution in [0.1, 0.15) is 5.56 Å². The lowest BCUT2D eigenvalue weighted by Crippen LogP contribution is -1.96. The molecule has 0 unspecified atom stereocenters. The first kappa shape index (κ1) is 27.8. The maximum atomic E-state index is 11.8. The van der Waals surface area contributed by atoms with Gasteiger partial charge in [-0.25, -0.2) is 18.4 Å². The molecule has 3 aromatic heterocycles. The molecule has 0 aliphatic carbocycles. The summed E-state index contributed by atoms with van der Waals surface area (Å²) in [4.78, 5) is 9.07. The van der Waals surface area contributed by atoms with E-state index in [1.807, 2.05) is 29.0 Å². The quantitative estimate of drug-likeness (QED) is 0.336. The molecule has 2 aromatic carbocycles. The maximum absolute atomic E-state index is 11.8. The van der Waals surface area contributed by atoms with Crippen molar-refractivity contribution in [1.29, 1.82) is 5.26 Å². The second kappa shape index (κ2) is 10.9. The number of rotatable bonds is 4. The molecule has 0 saturated heterocycles. The first-order valence-corrected chi connectivity index (χ1v) is 11.5. The zero-order chi connectivity index (χ0) is 22.3. The van der Waals surface area contributed by atoms with Gasteiger partial charge in [-0.1, -0.05) is 18.2 Å². The molecule has 1 N–H and O–H groups in total. The number of aromatic amines is 1. The first-order valence-electron chi connectivity index (χ1n) is 9.62. The summed E-state index contributed by atoms with van der Waals surface area (Å²) < 4.78 is 25.4. The summed E-state index contributed by atoms with van der Waals surface area (Å²) in [5, 5.41) is 16.3. The van der Waals surface area contributed by atoms with Gasteiger partial charge in [0.15, 0.2) is 9.84 Å². The number of benzene rings is 2. The fourth-order valence-electron chi connectivity index (χ4n) is 3.54. The zero-order valence-corrected chi connectivity index (χ0v) is 21.4. The number of halogens is 3. The van der Waals surface area contributed by atoms with Gasteiger partial charge in [0.1, 0.15) is 18.2 Å². The van der Waals surface area contributed by atoms with E-state index in [4.69, 9.17) is 5.26 Å². The summed E-state index contributed by atoms with van der Waals surface area (Å²) in [7, 11) is -3.27. The minimum absolute atomic E-state index is 0. The highest BCUT2D eigenvalue weighted by Gasteiger charge is 2.14. The number of nitriles is 1. The number of hydrogen-bond donors (Lipinski definition) is 1. The van der Waals surface area contributed by atoms with Crippen molar-refractivity contribution in [3.63, 3.8) is 0 Å². The fourth-order valence-corrected chi connectivity index (χ4v) is 4.17. The van der Waals surface area contributed by atoms with E-state index in [1.54, 1.807) is 42.7 Å². The molecule has 180 valence electrons. The van der Waals surface area contributed by atoms with Crippen LogP contribution in [0, 0.1) is 11.3 Å². The SMILES string of the molecule is CS(=O)(=O)c1ccc(-c2n[nH]cc2-c2ccc3ncn(-c4ccc(C#N)cn4)c3c2)cc1.Cl.Cl.Cl. The monoisotopic (exact) mass is 548 g/mol. The number of aromatic nitrogens is 5. The van der Waals surface area contributed by atoms with Crippen LogP contribution >= 0.6 is 37.2 Å². The van der Waals surface area contributed by atoms with Crippen molar-refractivity contribution in [2.75, 3.05) is 6.26 Å². The van der Waals surface area contributed by atoms with Gasteiger partial charge in [-0.05, 0) is 42.0 Å². The zero-order valence-electron chi connectivity index (χ0n) is 18.1. The van der Waals surface area contributed by atoms with E-state index in [0.717, 1.165) is 27.7 Å². The average Bonchev–Trinajstić information content (AvgIpc) is 3.45. The van der Waals surface area contributed by atoms with E-state index >= 15 is 0 Å². The molecule has 3 heterocycles. The molecule has 0 spiro atoms. The van der Waals surface area contributed by atoms with Crippen LogP contribution in [0.15, 0.2) is 78.2 Å². The molecule has 5 aromatic rings. The van der Waals surface area contributed by atoms with E-state index in [2.05, 4.69) is 26.2 Å². The number of imidazole rings is 1. The van der Waals surface area contributed by atoms with E-state index in [-0.39, 0.29) is 42.1 Å². The average molecular weight is 550 g/mol. The predicted molar refractivity (Wildman–Crippen MR) is 141 cm³/mol. The lowest BCUT2D eigenvalue weighted by molar-refractivity contribution is 0.602. The molecule has 0 atom stereocenters. The minimum atomic E-state index is -3.27. The van der Waals surface area contributed by atoms with Crippen molar-refractivity contribution in [2.24, 2.45) is 0 Å². The lowest BCUT2D eigenvalue weighted by atomic mass is 10.0. The van der Waals surface area contributed by atoms with Gasteiger partial charge >= 0.3 is 0 Å². The highest BCUT2D eigenvalue weighted by Crippen LogP contribution is 2.32. The van der Waals surface area contributed by atoms with Gasteiger partial charge in [0.05, 0.1) is 27.2 Å². The molecule has 35 heavy (non-hydrogen) atoms. The van der Waals surface area contributed by atoms with Crippen molar-refractivity contribution in [1.82, 2.24) is 24.7 Å². The fraction of sp³-hybridized carbons (Fsp3) is 0.0435. The van der Waals surface area contributed by atoms with Crippen molar-refractivity contribution in [3.05, 3.63) is 78.9 Å². The molecule has 0 radical (unpaired) electrons. The number of nitrogens with one attached hydrogen (secondary N) is 1.